The number of carbonyl (C=O) groups is 1. The van der Waals surface area contributed by atoms with E-state index in [1.807, 2.05) is 55.5 Å². The minimum atomic E-state index is -3.53. The number of thioether (sulfide) groups is 1. The Labute approximate surface area is 204 Å². The fourth-order valence-electron chi connectivity index (χ4n) is 3.74. The lowest BCUT2D eigenvalue weighted by atomic mass is 10.1. The van der Waals surface area contributed by atoms with Crippen LogP contribution in [0.3, 0.4) is 0 Å². The second-order valence-electron chi connectivity index (χ2n) is 7.77. The predicted octanol–water partition coefficient (Wildman–Crippen LogP) is 4.74. The van der Waals surface area contributed by atoms with Crippen molar-refractivity contribution in [1.29, 1.82) is 0 Å². The number of ether oxygens (including phenoxy) is 1. The van der Waals surface area contributed by atoms with Gasteiger partial charge in [-0.3, -0.25) is 4.79 Å². The molecule has 1 fully saturated rings. The van der Waals surface area contributed by atoms with Crippen molar-refractivity contribution in [1.82, 2.24) is 9.29 Å². The molecule has 1 amide bonds. The molecule has 3 aromatic rings. The summed E-state index contributed by atoms with van der Waals surface area (Å²) in [5.74, 6) is 0.378. The van der Waals surface area contributed by atoms with Crippen molar-refractivity contribution in [3.63, 3.8) is 0 Å². The van der Waals surface area contributed by atoms with E-state index in [0.717, 1.165) is 18.4 Å². The molecule has 7 nitrogen and oxygen atoms in total. The maximum Gasteiger partial charge on any atom is 0.244 e. The van der Waals surface area contributed by atoms with E-state index in [-0.39, 0.29) is 10.8 Å². The number of benzene rings is 2. The van der Waals surface area contributed by atoms with Crippen LogP contribution in [0.5, 0.6) is 5.75 Å². The molecule has 0 radical (unpaired) electrons. The van der Waals surface area contributed by atoms with Gasteiger partial charge in [0.15, 0.2) is 0 Å². The second kappa shape index (κ2) is 11.0. The highest BCUT2D eigenvalue weighted by molar-refractivity contribution is 8.00. The van der Waals surface area contributed by atoms with Gasteiger partial charge in [-0.05, 0) is 49.6 Å². The van der Waals surface area contributed by atoms with Crippen molar-refractivity contribution in [2.75, 3.05) is 25.0 Å². The molecule has 34 heavy (non-hydrogen) atoms. The first-order valence-electron chi connectivity index (χ1n) is 11.2. The molecule has 0 spiro atoms. The lowest BCUT2D eigenvalue weighted by Crippen LogP contribution is -2.27. The summed E-state index contributed by atoms with van der Waals surface area (Å²) < 4.78 is 32.7. The third-order valence-corrected chi connectivity index (χ3v) is 8.52. The molecular weight excluding hydrogens is 470 g/mol. The zero-order chi connectivity index (χ0) is 24.0. The molecule has 1 aliphatic heterocycles. The molecule has 1 atom stereocenters. The van der Waals surface area contributed by atoms with E-state index in [9.17, 15) is 13.2 Å². The van der Waals surface area contributed by atoms with Gasteiger partial charge in [0.1, 0.15) is 15.9 Å². The average molecular weight is 498 g/mol. The van der Waals surface area contributed by atoms with E-state index in [1.165, 1.54) is 22.3 Å². The third-order valence-electron chi connectivity index (χ3n) is 5.44. The quantitative estimate of drug-likeness (QED) is 0.430. The first-order valence-corrected chi connectivity index (χ1v) is 13.5. The summed E-state index contributed by atoms with van der Waals surface area (Å²) in [6.07, 6.45) is 3.13. The maximum absolute atomic E-state index is 13.4. The Balaban J connectivity index is 1.56. The summed E-state index contributed by atoms with van der Waals surface area (Å²) in [4.78, 5) is 17.9. The van der Waals surface area contributed by atoms with Crippen LogP contribution in [0.15, 0.2) is 82.8 Å². The van der Waals surface area contributed by atoms with Gasteiger partial charge in [-0.25, -0.2) is 13.4 Å². The predicted molar refractivity (Wildman–Crippen MR) is 134 cm³/mol. The Morgan fingerprint density at radius 3 is 2.44 bits per heavy atom. The monoisotopic (exact) mass is 497 g/mol. The molecular formula is C25H27N3O4S2. The molecule has 0 aliphatic carbocycles. The lowest BCUT2D eigenvalue weighted by Gasteiger charge is -2.19. The lowest BCUT2D eigenvalue weighted by molar-refractivity contribution is -0.115. The minimum Gasteiger partial charge on any atom is -0.492 e. The maximum atomic E-state index is 13.4. The molecule has 4 rings (SSSR count). The fourth-order valence-corrected chi connectivity index (χ4v) is 6.16. The summed E-state index contributed by atoms with van der Waals surface area (Å²) in [6, 6.07) is 19.9. The van der Waals surface area contributed by atoms with Crippen molar-refractivity contribution in [3.05, 3.63) is 78.5 Å². The molecule has 1 saturated heterocycles. The molecule has 9 heteroatoms. The van der Waals surface area contributed by atoms with Crippen molar-refractivity contribution >= 4 is 33.4 Å². The normalized spacial score (nSPS) is 15.1. The van der Waals surface area contributed by atoms with Gasteiger partial charge in [-0.1, -0.05) is 54.2 Å². The highest BCUT2D eigenvalue weighted by Crippen LogP contribution is 2.36. The zero-order valence-electron chi connectivity index (χ0n) is 18.9. The second-order valence-corrected chi connectivity index (χ2v) is 10.8. The standard InChI is InChI=1S/C25H27N3O4S2/c1-2-32-22-13-7-6-12-21(22)27-25(29)24(19-10-4-3-5-11-19)33-23-15-14-20(18-26-23)34(30,31)28-16-8-9-17-28/h3-7,10-15,18,24H,2,8-9,16-17H2,1H3,(H,27,29)/t24-/m0/s1. The van der Waals surface area contributed by atoms with Gasteiger partial charge in [-0.15, -0.1) is 0 Å². The van der Waals surface area contributed by atoms with E-state index in [0.29, 0.717) is 36.2 Å². The molecule has 178 valence electrons. The smallest absolute Gasteiger partial charge is 0.244 e. The molecule has 0 saturated carbocycles. The van der Waals surface area contributed by atoms with Gasteiger partial charge in [-0.2, -0.15) is 4.31 Å². The Hall–Kier alpha value is -2.88. The first kappa shape index (κ1) is 24.3. The topological polar surface area (TPSA) is 88.6 Å². The van der Waals surface area contributed by atoms with E-state index in [1.54, 1.807) is 18.2 Å². The number of rotatable bonds is 9. The fraction of sp³-hybridized carbons (Fsp3) is 0.280. The Bertz CT molecular complexity index is 1210. The highest BCUT2D eigenvalue weighted by atomic mass is 32.2. The van der Waals surface area contributed by atoms with Gasteiger partial charge in [0.05, 0.1) is 17.3 Å². The van der Waals surface area contributed by atoms with Gasteiger partial charge in [0, 0.05) is 19.3 Å². The van der Waals surface area contributed by atoms with Crippen LogP contribution in [-0.2, 0) is 14.8 Å². The Morgan fingerprint density at radius 2 is 1.76 bits per heavy atom. The number of hydrogen-bond donors (Lipinski definition) is 1. The SMILES string of the molecule is CCOc1ccccc1NC(=O)[C@@H](Sc1ccc(S(=O)(=O)N2CCCC2)cn1)c1ccccc1. The van der Waals surface area contributed by atoms with Crippen LogP contribution < -0.4 is 10.1 Å². The third kappa shape index (κ3) is 5.60. The summed E-state index contributed by atoms with van der Waals surface area (Å²) in [6.45, 7) is 3.46. The van der Waals surface area contributed by atoms with Crippen LogP contribution in [0.1, 0.15) is 30.6 Å². The molecule has 2 heterocycles. The van der Waals surface area contributed by atoms with Crippen LogP contribution in [0.2, 0.25) is 0 Å². The highest BCUT2D eigenvalue weighted by Gasteiger charge is 2.28. The number of carbonyl (C=O) groups excluding carboxylic acids is 1. The summed E-state index contributed by atoms with van der Waals surface area (Å²) in [7, 11) is -3.53. The molecule has 1 N–H and O–H groups in total. The van der Waals surface area contributed by atoms with E-state index in [2.05, 4.69) is 10.3 Å². The number of nitrogens with zero attached hydrogens (tertiary/aromatic N) is 2. The zero-order valence-corrected chi connectivity index (χ0v) is 20.5. The summed E-state index contributed by atoms with van der Waals surface area (Å²) >= 11 is 1.27. The number of sulfonamides is 1. The first-order chi connectivity index (χ1) is 16.5. The van der Waals surface area contributed by atoms with Crippen LogP contribution in [-0.4, -0.2) is 43.3 Å². The number of hydrogen-bond acceptors (Lipinski definition) is 6. The molecule has 1 aliphatic rings. The Kier molecular flexibility index (Phi) is 7.87. The largest absolute Gasteiger partial charge is 0.492 e. The van der Waals surface area contributed by atoms with E-state index >= 15 is 0 Å². The van der Waals surface area contributed by atoms with Crippen LogP contribution >= 0.6 is 11.8 Å². The minimum absolute atomic E-state index is 0.171. The molecule has 1 aromatic heterocycles. The van der Waals surface area contributed by atoms with E-state index < -0.39 is 15.3 Å². The number of aromatic nitrogens is 1. The van der Waals surface area contributed by atoms with Crippen molar-refractivity contribution < 1.29 is 17.9 Å². The number of anilines is 1. The number of para-hydroxylation sites is 2. The molecule has 0 bridgehead atoms. The Morgan fingerprint density at radius 1 is 1.06 bits per heavy atom. The van der Waals surface area contributed by atoms with E-state index in [4.69, 9.17) is 4.74 Å². The summed E-state index contributed by atoms with van der Waals surface area (Å²) in [5.41, 5.74) is 1.41. The van der Waals surface area contributed by atoms with Gasteiger partial charge >= 0.3 is 0 Å². The van der Waals surface area contributed by atoms with Gasteiger partial charge < -0.3 is 10.1 Å². The summed E-state index contributed by atoms with van der Waals surface area (Å²) in [5, 5.41) is 2.94. The molecule has 2 aromatic carbocycles. The number of nitrogens with one attached hydrogen (secondary N) is 1. The van der Waals surface area contributed by atoms with Crippen LogP contribution in [0.25, 0.3) is 0 Å². The average Bonchev–Trinajstić information content (AvgIpc) is 3.41. The van der Waals surface area contributed by atoms with Crippen molar-refractivity contribution in [3.8, 4) is 5.75 Å². The molecule has 0 unspecified atom stereocenters. The van der Waals surface area contributed by atoms with Gasteiger partial charge in [0.25, 0.3) is 0 Å². The van der Waals surface area contributed by atoms with Crippen LogP contribution in [0.4, 0.5) is 5.69 Å². The van der Waals surface area contributed by atoms with Crippen molar-refractivity contribution in [2.45, 2.75) is 34.9 Å². The van der Waals surface area contributed by atoms with Crippen LogP contribution in [0, 0.1) is 0 Å². The van der Waals surface area contributed by atoms with Crippen molar-refractivity contribution in [2.24, 2.45) is 0 Å². The number of amides is 1. The number of pyridine rings is 1. The van der Waals surface area contributed by atoms with Gasteiger partial charge in [0.2, 0.25) is 15.9 Å².